The molecule has 1 unspecified atom stereocenters. The van der Waals surface area contributed by atoms with E-state index < -0.39 is 0 Å². The molecule has 0 radical (unpaired) electrons. The number of anilines is 1. The molecule has 3 rings (SSSR count). The zero-order chi connectivity index (χ0) is 19.6. The molecule has 2 aromatic carbocycles. The summed E-state index contributed by atoms with van der Waals surface area (Å²) in [5, 5.41) is 4.43. The molecule has 0 bridgehead atoms. The Labute approximate surface area is 164 Å². The summed E-state index contributed by atoms with van der Waals surface area (Å²) in [5.74, 6) is 0.429. The van der Waals surface area contributed by atoms with E-state index in [0.717, 1.165) is 34.0 Å². The van der Waals surface area contributed by atoms with Crippen LogP contribution in [0.5, 0.6) is 0 Å². The number of aromatic amines is 1. The van der Waals surface area contributed by atoms with Gasteiger partial charge in [0.15, 0.2) is 0 Å². The van der Waals surface area contributed by atoms with E-state index in [0.29, 0.717) is 29.5 Å². The summed E-state index contributed by atoms with van der Waals surface area (Å²) in [5.41, 5.74) is 16.1. The summed E-state index contributed by atoms with van der Waals surface area (Å²) in [6.45, 7) is 5.16. The molecule has 6 heteroatoms. The highest BCUT2D eigenvalue weighted by atomic mass is 35.5. The number of carbonyl (C=O) groups excluding carboxylic acids is 1. The lowest BCUT2D eigenvalue weighted by Gasteiger charge is -2.13. The number of benzene rings is 2. The first-order valence-corrected chi connectivity index (χ1v) is 9.49. The SMILES string of the molecule is CCC(CN)CNC(=O)c1c(N)[nH]c2cc(-c3c(C)cccc3Cl)ccc12. The van der Waals surface area contributed by atoms with E-state index in [1.54, 1.807) is 0 Å². The molecule has 1 aromatic heterocycles. The number of aryl methyl sites for hydroxylation is 1. The summed E-state index contributed by atoms with van der Waals surface area (Å²) in [4.78, 5) is 15.8. The van der Waals surface area contributed by atoms with Crippen molar-refractivity contribution in [3.05, 3.63) is 52.5 Å². The minimum Gasteiger partial charge on any atom is -0.385 e. The lowest BCUT2D eigenvalue weighted by Crippen LogP contribution is -2.32. The minimum absolute atomic E-state index is 0.188. The van der Waals surface area contributed by atoms with Gasteiger partial charge in [0.25, 0.3) is 5.91 Å². The van der Waals surface area contributed by atoms with Crippen LogP contribution in [0.3, 0.4) is 0 Å². The molecule has 27 heavy (non-hydrogen) atoms. The van der Waals surface area contributed by atoms with Crippen LogP contribution in [0.25, 0.3) is 22.0 Å². The lowest BCUT2D eigenvalue weighted by atomic mass is 9.99. The molecule has 0 aliphatic rings. The number of halogens is 1. The molecule has 0 saturated carbocycles. The Morgan fingerprint density at radius 2 is 2.07 bits per heavy atom. The average molecular weight is 385 g/mol. The van der Waals surface area contributed by atoms with Crippen molar-refractivity contribution in [1.82, 2.24) is 10.3 Å². The second-order valence-electron chi connectivity index (χ2n) is 6.83. The van der Waals surface area contributed by atoms with Gasteiger partial charge in [-0.1, -0.05) is 49.2 Å². The van der Waals surface area contributed by atoms with E-state index in [1.165, 1.54) is 0 Å². The number of aromatic nitrogens is 1. The Kier molecular flexibility index (Phi) is 5.73. The maximum Gasteiger partial charge on any atom is 0.255 e. The fraction of sp³-hybridized carbons (Fsp3) is 0.286. The fourth-order valence-corrected chi connectivity index (χ4v) is 3.67. The summed E-state index contributed by atoms with van der Waals surface area (Å²) in [7, 11) is 0. The quantitative estimate of drug-likeness (QED) is 0.515. The van der Waals surface area contributed by atoms with Gasteiger partial charge in [-0.05, 0) is 42.6 Å². The average Bonchev–Trinajstić information content (AvgIpc) is 2.97. The van der Waals surface area contributed by atoms with Gasteiger partial charge in [0.2, 0.25) is 0 Å². The Morgan fingerprint density at radius 1 is 1.30 bits per heavy atom. The van der Waals surface area contributed by atoms with Crippen molar-refractivity contribution in [2.45, 2.75) is 20.3 Å². The number of H-pyrrole nitrogens is 1. The molecule has 0 aliphatic carbocycles. The second-order valence-corrected chi connectivity index (χ2v) is 7.23. The minimum atomic E-state index is -0.188. The maximum absolute atomic E-state index is 12.7. The predicted molar refractivity (Wildman–Crippen MR) is 113 cm³/mol. The fourth-order valence-electron chi connectivity index (χ4n) is 3.34. The number of fused-ring (bicyclic) bond motifs is 1. The summed E-state index contributed by atoms with van der Waals surface area (Å²) in [6.07, 6.45) is 0.917. The maximum atomic E-state index is 12.7. The van der Waals surface area contributed by atoms with E-state index in [-0.39, 0.29) is 11.8 Å². The van der Waals surface area contributed by atoms with Gasteiger partial charge in [-0.25, -0.2) is 0 Å². The first-order valence-electron chi connectivity index (χ1n) is 9.11. The number of hydrogen-bond acceptors (Lipinski definition) is 3. The molecular weight excluding hydrogens is 360 g/mol. The van der Waals surface area contributed by atoms with Gasteiger partial charge >= 0.3 is 0 Å². The Morgan fingerprint density at radius 3 is 2.74 bits per heavy atom. The van der Waals surface area contributed by atoms with Crippen molar-refractivity contribution >= 4 is 34.2 Å². The highest BCUT2D eigenvalue weighted by Gasteiger charge is 2.18. The summed E-state index contributed by atoms with van der Waals surface area (Å²) >= 11 is 6.39. The van der Waals surface area contributed by atoms with E-state index in [4.69, 9.17) is 23.1 Å². The van der Waals surface area contributed by atoms with E-state index in [2.05, 4.69) is 17.2 Å². The van der Waals surface area contributed by atoms with Crippen LogP contribution in [0.15, 0.2) is 36.4 Å². The van der Waals surface area contributed by atoms with Gasteiger partial charge < -0.3 is 21.8 Å². The van der Waals surface area contributed by atoms with Crippen molar-refractivity contribution in [1.29, 1.82) is 0 Å². The number of rotatable bonds is 6. The molecule has 6 N–H and O–H groups in total. The normalized spacial score (nSPS) is 12.3. The van der Waals surface area contributed by atoms with Gasteiger partial charge in [-0.2, -0.15) is 0 Å². The third-order valence-electron chi connectivity index (χ3n) is 5.03. The third kappa shape index (κ3) is 3.80. The number of amides is 1. The van der Waals surface area contributed by atoms with Crippen molar-refractivity contribution in [2.75, 3.05) is 18.8 Å². The third-order valence-corrected chi connectivity index (χ3v) is 5.34. The number of carbonyl (C=O) groups is 1. The molecule has 3 aromatic rings. The largest absolute Gasteiger partial charge is 0.385 e. The van der Waals surface area contributed by atoms with Gasteiger partial charge in [-0.15, -0.1) is 0 Å². The number of hydrogen-bond donors (Lipinski definition) is 4. The zero-order valence-corrected chi connectivity index (χ0v) is 16.4. The molecule has 0 spiro atoms. The van der Waals surface area contributed by atoms with E-state index >= 15 is 0 Å². The number of nitrogens with one attached hydrogen (secondary N) is 2. The van der Waals surface area contributed by atoms with Crippen LogP contribution in [0, 0.1) is 12.8 Å². The van der Waals surface area contributed by atoms with Crippen LogP contribution < -0.4 is 16.8 Å². The summed E-state index contributed by atoms with van der Waals surface area (Å²) in [6, 6.07) is 11.7. The number of nitrogens with two attached hydrogens (primary N) is 2. The molecule has 0 aliphatic heterocycles. The molecule has 0 saturated heterocycles. The molecule has 5 nitrogen and oxygen atoms in total. The Hall–Kier alpha value is -2.50. The summed E-state index contributed by atoms with van der Waals surface area (Å²) < 4.78 is 0. The first-order chi connectivity index (χ1) is 13.0. The van der Waals surface area contributed by atoms with Gasteiger partial charge in [0, 0.05) is 28.0 Å². The molecular formula is C21H25ClN4O. The zero-order valence-electron chi connectivity index (χ0n) is 15.6. The molecule has 0 fully saturated rings. The molecule has 142 valence electrons. The number of nitrogen functional groups attached to an aromatic ring is 1. The first kappa shape index (κ1) is 19.3. The topological polar surface area (TPSA) is 96.9 Å². The smallest absolute Gasteiger partial charge is 0.255 e. The van der Waals surface area contributed by atoms with Gasteiger partial charge in [-0.3, -0.25) is 4.79 Å². The van der Waals surface area contributed by atoms with Crippen molar-refractivity contribution in [3.8, 4) is 11.1 Å². The molecule has 1 atom stereocenters. The lowest BCUT2D eigenvalue weighted by molar-refractivity contribution is 0.0950. The Bertz CT molecular complexity index is 955. The van der Waals surface area contributed by atoms with Crippen molar-refractivity contribution < 1.29 is 4.79 Å². The van der Waals surface area contributed by atoms with Crippen molar-refractivity contribution in [2.24, 2.45) is 11.7 Å². The van der Waals surface area contributed by atoms with Crippen molar-refractivity contribution in [3.63, 3.8) is 0 Å². The van der Waals surface area contributed by atoms with Gasteiger partial charge in [0.1, 0.15) is 5.82 Å². The monoisotopic (exact) mass is 384 g/mol. The second kappa shape index (κ2) is 8.03. The van der Waals surface area contributed by atoms with E-state index in [9.17, 15) is 4.79 Å². The predicted octanol–water partition coefficient (Wildman–Crippen LogP) is 4.09. The Balaban J connectivity index is 1.96. The molecule has 1 heterocycles. The highest BCUT2D eigenvalue weighted by Crippen LogP contribution is 2.34. The molecule has 1 amide bonds. The standard InChI is InChI=1S/C21H25ClN4O/c1-3-13(10-23)11-25-21(27)19-15-8-7-14(9-17(15)26-20(19)24)18-12(2)5-4-6-16(18)22/h4-9,13,26H,3,10-11,23-24H2,1-2H3,(H,25,27). The van der Waals surface area contributed by atoms with Crippen LogP contribution in [-0.4, -0.2) is 24.0 Å². The van der Waals surface area contributed by atoms with Crippen LogP contribution >= 0.6 is 11.6 Å². The van der Waals surface area contributed by atoms with Crippen LogP contribution in [0.1, 0.15) is 29.3 Å². The highest BCUT2D eigenvalue weighted by molar-refractivity contribution is 6.33. The van der Waals surface area contributed by atoms with Crippen LogP contribution in [0.4, 0.5) is 5.82 Å². The van der Waals surface area contributed by atoms with Crippen LogP contribution in [-0.2, 0) is 0 Å². The van der Waals surface area contributed by atoms with Crippen LogP contribution in [0.2, 0.25) is 5.02 Å². The van der Waals surface area contributed by atoms with Gasteiger partial charge in [0.05, 0.1) is 5.56 Å². The van der Waals surface area contributed by atoms with E-state index in [1.807, 2.05) is 43.3 Å².